The molecule has 0 spiro atoms. The van der Waals surface area contributed by atoms with Gasteiger partial charge in [-0.2, -0.15) is 4.31 Å². The molecule has 2 aliphatic heterocycles. The van der Waals surface area contributed by atoms with Crippen molar-refractivity contribution in [1.29, 1.82) is 0 Å². The molecule has 0 saturated carbocycles. The Morgan fingerprint density at radius 3 is 2.27 bits per heavy atom. The van der Waals surface area contributed by atoms with Crippen LogP contribution in [0.25, 0.3) is 0 Å². The van der Waals surface area contributed by atoms with Crippen LogP contribution >= 0.6 is 15.9 Å². The average Bonchev–Trinajstić information content (AvgIpc) is 2.80. The molecule has 0 bridgehead atoms. The maximum atomic E-state index is 13.0. The first-order valence-electron chi connectivity index (χ1n) is 9.79. The Morgan fingerprint density at radius 1 is 0.933 bits per heavy atom. The predicted octanol–water partition coefficient (Wildman–Crippen LogP) is 2.68. The van der Waals surface area contributed by atoms with Crippen molar-refractivity contribution in [3.63, 3.8) is 0 Å². The van der Waals surface area contributed by atoms with Gasteiger partial charge in [-0.3, -0.25) is 4.79 Å². The molecule has 2 saturated heterocycles. The molecule has 1 amide bonds. The zero-order valence-corrected chi connectivity index (χ0v) is 18.8. The molecule has 1 unspecified atom stereocenters. The lowest BCUT2D eigenvalue weighted by atomic mass is 10.1. The van der Waals surface area contributed by atoms with Crippen LogP contribution in [0, 0.1) is 0 Å². The van der Waals surface area contributed by atoms with Gasteiger partial charge in [0.2, 0.25) is 10.0 Å². The highest BCUT2D eigenvalue weighted by Gasteiger charge is 2.28. The standard InChI is InChI=1S/C21H23BrN2O5S/c22-18-5-1-16(2-6-18)20-15-23(9-14-29-20)21(25)17-3-7-19(8-4-17)30(26,27)24-10-12-28-13-11-24/h1-8,20H,9-15H2. The van der Waals surface area contributed by atoms with Crippen LogP contribution in [0.4, 0.5) is 0 Å². The summed E-state index contributed by atoms with van der Waals surface area (Å²) in [6, 6.07) is 14.0. The van der Waals surface area contributed by atoms with Gasteiger partial charge in [-0.05, 0) is 42.0 Å². The molecule has 9 heteroatoms. The molecule has 2 aromatic rings. The van der Waals surface area contributed by atoms with Crippen LogP contribution in [0.3, 0.4) is 0 Å². The van der Waals surface area contributed by atoms with Gasteiger partial charge in [0, 0.05) is 29.7 Å². The highest BCUT2D eigenvalue weighted by molar-refractivity contribution is 9.10. The van der Waals surface area contributed by atoms with Gasteiger partial charge in [-0.15, -0.1) is 0 Å². The zero-order chi connectivity index (χ0) is 21.1. The number of morpholine rings is 2. The number of nitrogens with zero attached hydrogens (tertiary/aromatic N) is 2. The molecule has 160 valence electrons. The maximum absolute atomic E-state index is 13.0. The summed E-state index contributed by atoms with van der Waals surface area (Å²) < 4.78 is 39.0. The van der Waals surface area contributed by atoms with Gasteiger partial charge in [0.1, 0.15) is 6.10 Å². The van der Waals surface area contributed by atoms with Gasteiger partial charge in [0.25, 0.3) is 5.91 Å². The molecular weight excluding hydrogens is 472 g/mol. The van der Waals surface area contributed by atoms with E-state index in [4.69, 9.17) is 9.47 Å². The molecule has 4 rings (SSSR count). The van der Waals surface area contributed by atoms with Crippen LogP contribution in [0.5, 0.6) is 0 Å². The number of carbonyl (C=O) groups is 1. The van der Waals surface area contributed by atoms with Gasteiger partial charge >= 0.3 is 0 Å². The van der Waals surface area contributed by atoms with E-state index in [-0.39, 0.29) is 16.9 Å². The Morgan fingerprint density at radius 2 is 1.60 bits per heavy atom. The van der Waals surface area contributed by atoms with Gasteiger partial charge in [-0.1, -0.05) is 28.1 Å². The van der Waals surface area contributed by atoms with E-state index in [1.165, 1.54) is 16.4 Å². The third kappa shape index (κ3) is 4.60. The van der Waals surface area contributed by atoms with Crippen LogP contribution < -0.4 is 0 Å². The lowest BCUT2D eigenvalue weighted by Crippen LogP contribution is -2.42. The summed E-state index contributed by atoms with van der Waals surface area (Å²) in [4.78, 5) is 14.9. The third-order valence-corrected chi connectivity index (χ3v) is 7.75. The lowest BCUT2D eigenvalue weighted by Gasteiger charge is -2.33. The summed E-state index contributed by atoms with van der Waals surface area (Å²) in [7, 11) is -3.57. The second kappa shape index (κ2) is 9.15. The van der Waals surface area contributed by atoms with Crippen LogP contribution in [-0.2, 0) is 19.5 Å². The van der Waals surface area contributed by atoms with Crippen molar-refractivity contribution in [1.82, 2.24) is 9.21 Å². The van der Waals surface area contributed by atoms with Crippen molar-refractivity contribution >= 4 is 31.9 Å². The fourth-order valence-corrected chi connectivity index (χ4v) is 5.27. The SMILES string of the molecule is O=C(c1ccc(S(=O)(=O)N2CCOCC2)cc1)N1CCOC(c2ccc(Br)cc2)C1. The van der Waals surface area contributed by atoms with Crippen molar-refractivity contribution in [2.75, 3.05) is 46.0 Å². The van der Waals surface area contributed by atoms with E-state index in [2.05, 4.69) is 15.9 Å². The first-order chi connectivity index (χ1) is 14.4. The van der Waals surface area contributed by atoms with E-state index >= 15 is 0 Å². The minimum atomic E-state index is -3.57. The number of benzene rings is 2. The van der Waals surface area contributed by atoms with Gasteiger partial charge in [-0.25, -0.2) is 8.42 Å². The molecule has 0 N–H and O–H groups in total. The largest absolute Gasteiger partial charge is 0.379 e. The summed E-state index contributed by atoms with van der Waals surface area (Å²) in [6.07, 6.45) is -0.184. The second-order valence-electron chi connectivity index (χ2n) is 7.20. The van der Waals surface area contributed by atoms with Crippen molar-refractivity contribution in [2.45, 2.75) is 11.0 Å². The molecule has 0 aliphatic carbocycles. The van der Waals surface area contributed by atoms with Crippen molar-refractivity contribution < 1.29 is 22.7 Å². The number of amides is 1. The van der Waals surface area contributed by atoms with E-state index < -0.39 is 10.0 Å². The molecule has 1 atom stereocenters. The normalized spacial score (nSPS) is 20.8. The van der Waals surface area contributed by atoms with Gasteiger partial charge in [0.15, 0.2) is 0 Å². The number of hydrogen-bond acceptors (Lipinski definition) is 5. The molecule has 2 fully saturated rings. The molecule has 2 aromatic carbocycles. The van der Waals surface area contributed by atoms with E-state index in [0.717, 1.165) is 10.0 Å². The Balaban J connectivity index is 1.46. The number of carbonyl (C=O) groups excluding carboxylic acids is 1. The maximum Gasteiger partial charge on any atom is 0.254 e. The molecule has 30 heavy (non-hydrogen) atoms. The highest BCUT2D eigenvalue weighted by atomic mass is 79.9. The average molecular weight is 495 g/mol. The van der Waals surface area contributed by atoms with E-state index in [0.29, 0.717) is 51.6 Å². The second-order valence-corrected chi connectivity index (χ2v) is 10.1. The smallest absolute Gasteiger partial charge is 0.254 e. The van der Waals surface area contributed by atoms with Crippen LogP contribution in [0.2, 0.25) is 0 Å². The van der Waals surface area contributed by atoms with Crippen LogP contribution in [0.1, 0.15) is 22.0 Å². The van der Waals surface area contributed by atoms with Gasteiger partial charge in [0.05, 0.1) is 31.3 Å². The van der Waals surface area contributed by atoms with E-state index in [1.807, 2.05) is 24.3 Å². The Bertz CT molecular complexity index is 989. The molecule has 0 aromatic heterocycles. The minimum absolute atomic E-state index is 0.129. The fourth-order valence-electron chi connectivity index (χ4n) is 3.60. The molecule has 2 aliphatic rings. The quantitative estimate of drug-likeness (QED) is 0.652. The topological polar surface area (TPSA) is 76.2 Å². The Kier molecular flexibility index (Phi) is 6.54. The first-order valence-corrected chi connectivity index (χ1v) is 12.0. The highest BCUT2D eigenvalue weighted by Crippen LogP contribution is 2.25. The summed E-state index contributed by atoms with van der Waals surface area (Å²) in [5.74, 6) is -0.129. The number of hydrogen-bond donors (Lipinski definition) is 0. The lowest BCUT2D eigenvalue weighted by molar-refractivity contribution is -0.0228. The zero-order valence-electron chi connectivity index (χ0n) is 16.4. The molecule has 7 nitrogen and oxygen atoms in total. The molecular formula is C21H23BrN2O5S. The number of halogens is 1. The summed E-state index contributed by atoms with van der Waals surface area (Å²) >= 11 is 3.42. The summed E-state index contributed by atoms with van der Waals surface area (Å²) in [5.41, 5.74) is 1.48. The van der Waals surface area contributed by atoms with Crippen LogP contribution in [0.15, 0.2) is 57.9 Å². The minimum Gasteiger partial charge on any atom is -0.379 e. The number of ether oxygens (including phenoxy) is 2. The van der Waals surface area contributed by atoms with Crippen LogP contribution in [-0.4, -0.2) is 69.5 Å². The molecule has 0 radical (unpaired) electrons. The van der Waals surface area contributed by atoms with Crippen molar-refractivity contribution in [2.24, 2.45) is 0 Å². The van der Waals surface area contributed by atoms with Gasteiger partial charge < -0.3 is 14.4 Å². The number of rotatable bonds is 4. The predicted molar refractivity (Wildman–Crippen MR) is 115 cm³/mol. The van der Waals surface area contributed by atoms with Crippen molar-refractivity contribution in [3.05, 3.63) is 64.1 Å². The monoisotopic (exact) mass is 494 g/mol. The third-order valence-electron chi connectivity index (χ3n) is 5.30. The molecule has 2 heterocycles. The van der Waals surface area contributed by atoms with Crippen molar-refractivity contribution in [3.8, 4) is 0 Å². The van der Waals surface area contributed by atoms with E-state index in [9.17, 15) is 13.2 Å². The Labute approximate surface area is 184 Å². The summed E-state index contributed by atoms with van der Waals surface area (Å²) in [5, 5.41) is 0. The Hall–Kier alpha value is -1.78. The first kappa shape index (κ1) is 21.5. The summed E-state index contributed by atoms with van der Waals surface area (Å²) in [6.45, 7) is 2.88. The number of sulfonamides is 1. The fraction of sp³-hybridized carbons (Fsp3) is 0.381. The van der Waals surface area contributed by atoms with E-state index in [1.54, 1.807) is 17.0 Å².